The fraction of sp³-hybridized carbons (Fsp3) is 0.192. The van der Waals surface area contributed by atoms with E-state index >= 15 is 0 Å². The minimum Gasteiger partial charge on any atom is -0.481 e. The van der Waals surface area contributed by atoms with Gasteiger partial charge < -0.3 is 25.6 Å². The Balaban J connectivity index is 1.68. The molecule has 0 atom stereocenters. The Hall–Kier alpha value is -4.17. The van der Waals surface area contributed by atoms with E-state index in [2.05, 4.69) is 10.6 Å². The van der Waals surface area contributed by atoms with Crippen LogP contribution in [0.5, 0.6) is 0 Å². The van der Waals surface area contributed by atoms with Crippen molar-refractivity contribution in [3.05, 3.63) is 72.3 Å². The van der Waals surface area contributed by atoms with Gasteiger partial charge in [-0.2, -0.15) is 0 Å². The summed E-state index contributed by atoms with van der Waals surface area (Å²) in [5.74, 6) is -1.79. The highest BCUT2D eigenvalue weighted by Crippen LogP contribution is 2.34. The van der Waals surface area contributed by atoms with Gasteiger partial charge in [-0.3, -0.25) is 9.59 Å². The lowest BCUT2D eigenvalue weighted by Crippen LogP contribution is -2.08. The van der Waals surface area contributed by atoms with E-state index in [1.807, 2.05) is 66.7 Å². The third-order valence-electron chi connectivity index (χ3n) is 5.25. The van der Waals surface area contributed by atoms with E-state index in [1.54, 1.807) is 0 Å². The lowest BCUT2D eigenvalue weighted by molar-refractivity contribution is -0.138. The highest BCUT2D eigenvalue weighted by Gasteiger charge is 2.11. The van der Waals surface area contributed by atoms with Crippen LogP contribution in [-0.2, 0) is 20.9 Å². The molecule has 0 radical (unpaired) electrons. The molecule has 8 heteroatoms. The topological polar surface area (TPSA) is 121 Å². The number of nitrogens with one attached hydrogen (secondary N) is 2. The Morgan fingerprint density at radius 2 is 1.44 bits per heavy atom. The van der Waals surface area contributed by atoms with Crippen molar-refractivity contribution in [3.63, 3.8) is 0 Å². The average molecular weight is 460 g/mol. The third-order valence-corrected chi connectivity index (χ3v) is 5.25. The maximum absolute atomic E-state index is 10.9. The van der Waals surface area contributed by atoms with Crippen LogP contribution in [0.15, 0.2) is 66.7 Å². The van der Waals surface area contributed by atoms with Gasteiger partial charge in [-0.25, -0.2) is 4.98 Å². The first-order chi connectivity index (χ1) is 16.5. The second-order valence-electron chi connectivity index (χ2n) is 7.83. The van der Waals surface area contributed by atoms with Crippen LogP contribution >= 0.6 is 0 Å². The summed E-state index contributed by atoms with van der Waals surface area (Å²) in [4.78, 5) is 26.4. The van der Waals surface area contributed by atoms with Gasteiger partial charge in [-0.15, -0.1) is 0 Å². The molecule has 174 valence electrons. The predicted octanol–water partition coefficient (Wildman–Crippen LogP) is 5.01. The normalized spacial score (nSPS) is 10.9. The Labute approximate surface area is 196 Å². The zero-order valence-corrected chi connectivity index (χ0v) is 18.5. The Morgan fingerprint density at radius 1 is 0.824 bits per heavy atom. The fourth-order valence-corrected chi connectivity index (χ4v) is 3.73. The van der Waals surface area contributed by atoms with Gasteiger partial charge in [0.1, 0.15) is 0 Å². The van der Waals surface area contributed by atoms with Gasteiger partial charge >= 0.3 is 11.9 Å². The highest BCUT2D eigenvalue weighted by atomic mass is 16.5. The van der Waals surface area contributed by atoms with Crippen molar-refractivity contribution in [1.29, 1.82) is 0 Å². The first-order valence-electron chi connectivity index (χ1n) is 10.9. The van der Waals surface area contributed by atoms with E-state index < -0.39 is 11.9 Å². The number of carbonyl (C=O) groups is 2. The van der Waals surface area contributed by atoms with Crippen LogP contribution in [-0.4, -0.2) is 40.3 Å². The van der Waals surface area contributed by atoms with Gasteiger partial charge in [-0.05, 0) is 35.9 Å². The Bertz CT molecular complexity index is 1280. The number of nitrogens with zero attached hydrogens (tertiary/aromatic N) is 1. The smallest absolute Gasteiger partial charge is 0.305 e. The molecule has 0 aliphatic heterocycles. The summed E-state index contributed by atoms with van der Waals surface area (Å²) in [5, 5.41) is 26.4. The number of anilines is 3. The Morgan fingerprint density at radius 3 is 2.09 bits per heavy atom. The molecule has 0 saturated carbocycles. The van der Waals surface area contributed by atoms with Crippen molar-refractivity contribution in [2.75, 3.05) is 23.8 Å². The van der Waals surface area contributed by atoms with E-state index in [4.69, 9.17) is 19.9 Å². The van der Waals surface area contributed by atoms with Crippen LogP contribution in [0, 0.1) is 0 Å². The monoisotopic (exact) mass is 459 g/mol. The lowest BCUT2D eigenvalue weighted by atomic mass is 10.1. The summed E-state index contributed by atoms with van der Waals surface area (Å²) in [6.45, 7) is 0.613. The standard InChI is InChI=1S/C26H25N3O5/c30-24(31)9-11-27-18-13-17(16-34-12-10-25(32)33)14-19(15-18)28-26-20-5-1-3-7-22(20)29-23-8-4-2-6-21(23)26/h1-8,13-15,27H,9-12,16H2,(H,28,29)(H,30,31)(H,32,33). The summed E-state index contributed by atoms with van der Waals surface area (Å²) in [6.07, 6.45) is -0.0849. The summed E-state index contributed by atoms with van der Waals surface area (Å²) in [6, 6.07) is 21.5. The molecule has 0 spiro atoms. The second-order valence-corrected chi connectivity index (χ2v) is 7.83. The molecule has 4 rings (SSSR count). The van der Waals surface area contributed by atoms with Gasteiger partial charge in [0.25, 0.3) is 0 Å². The number of aromatic nitrogens is 1. The van der Waals surface area contributed by atoms with Gasteiger partial charge in [-0.1, -0.05) is 36.4 Å². The van der Waals surface area contributed by atoms with Gasteiger partial charge in [0, 0.05) is 28.7 Å². The second kappa shape index (κ2) is 10.6. The SMILES string of the molecule is O=C(O)CCNc1cc(COCCC(=O)O)cc(Nc2c3ccccc3nc3ccccc23)c1. The van der Waals surface area contributed by atoms with Crippen molar-refractivity contribution in [1.82, 2.24) is 4.98 Å². The molecule has 0 bridgehead atoms. The molecule has 8 nitrogen and oxygen atoms in total. The molecule has 0 fully saturated rings. The predicted molar refractivity (Wildman–Crippen MR) is 132 cm³/mol. The number of rotatable bonds is 11. The van der Waals surface area contributed by atoms with Crippen LogP contribution in [0.25, 0.3) is 21.8 Å². The lowest BCUT2D eigenvalue weighted by Gasteiger charge is -2.16. The van der Waals surface area contributed by atoms with E-state index in [1.165, 1.54) is 0 Å². The van der Waals surface area contributed by atoms with Crippen molar-refractivity contribution < 1.29 is 24.5 Å². The summed E-state index contributed by atoms with van der Waals surface area (Å²) < 4.78 is 5.53. The molecule has 0 aliphatic carbocycles. The molecule has 0 saturated heterocycles. The van der Waals surface area contributed by atoms with Crippen LogP contribution in [0.1, 0.15) is 18.4 Å². The molecule has 0 unspecified atom stereocenters. The summed E-state index contributed by atoms with van der Waals surface area (Å²) in [5.41, 5.74) is 5.02. The third kappa shape index (κ3) is 5.79. The number of hydrogen-bond acceptors (Lipinski definition) is 6. The van der Waals surface area contributed by atoms with E-state index in [9.17, 15) is 9.59 Å². The van der Waals surface area contributed by atoms with Gasteiger partial charge in [0.05, 0.1) is 42.8 Å². The van der Waals surface area contributed by atoms with E-state index in [0.29, 0.717) is 0 Å². The molecule has 1 heterocycles. The van der Waals surface area contributed by atoms with Crippen LogP contribution < -0.4 is 10.6 Å². The van der Waals surface area contributed by atoms with Crippen molar-refractivity contribution in [2.24, 2.45) is 0 Å². The number of para-hydroxylation sites is 2. The number of ether oxygens (including phenoxy) is 1. The number of hydrogen-bond donors (Lipinski definition) is 4. The molecule has 4 N–H and O–H groups in total. The molecular formula is C26H25N3O5. The number of benzene rings is 3. The molecular weight excluding hydrogens is 434 g/mol. The average Bonchev–Trinajstić information content (AvgIpc) is 2.81. The number of carboxylic acids is 2. The largest absolute Gasteiger partial charge is 0.481 e. The van der Waals surface area contributed by atoms with Crippen LogP contribution in [0.4, 0.5) is 17.1 Å². The maximum atomic E-state index is 10.9. The highest BCUT2D eigenvalue weighted by molar-refractivity contribution is 6.08. The quantitative estimate of drug-likeness (QED) is 0.182. The number of pyridine rings is 1. The minimum absolute atomic E-state index is 0.0122. The van der Waals surface area contributed by atoms with Crippen molar-refractivity contribution in [3.8, 4) is 0 Å². The Kier molecular flexibility index (Phi) is 7.19. The van der Waals surface area contributed by atoms with E-state index in [-0.39, 0.29) is 32.6 Å². The van der Waals surface area contributed by atoms with Gasteiger partial charge in [0.15, 0.2) is 0 Å². The van der Waals surface area contributed by atoms with E-state index in [0.717, 1.165) is 44.4 Å². The number of fused-ring (bicyclic) bond motifs is 2. The minimum atomic E-state index is -0.914. The molecule has 0 aliphatic rings. The van der Waals surface area contributed by atoms with Gasteiger partial charge in [0.2, 0.25) is 0 Å². The molecule has 0 amide bonds. The zero-order valence-electron chi connectivity index (χ0n) is 18.5. The molecule has 3 aromatic carbocycles. The van der Waals surface area contributed by atoms with Crippen molar-refractivity contribution >= 4 is 50.8 Å². The van der Waals surface area contributed by atoms with Crippen LogP contribution in [0.3, 0.4) is 0 Å². The fourth-order valence-electron chi connectivity index (χ4n) is 3.73. The molecule has 34 heavy (non-hydrogen) atoms. The first kappa shape index (κ1) is 23.0. The maximum Gasteiger partial charge on any atom is 0.305 e. The molecule has 1 aromatic heterocycles. The van der Waals surface area contributed by atoms with Crippen LogP contribution in [0.2, 0.25) is 0 Å². The number of aliphatic carboxylic acids is 2. The summed E-state index contributed by atoms with van der Waals surface area (Å²) >= 11 is 0. The first-order valence-corrected chi connectivity index (χ1v) is 10.9. The summed E-state index contributed by atoms with van der Waals surface area (Å²) in [7, 11) is 0. The molecule has 4 aromatic rings. The van der Waals surface area contributed by atoms with Crippen molar-refractivity contribution in [2.45, 2.75) is 19.4 Å². The zero-order chi connectivity index (χ0) is 23.9. The number of carboxylic acid groups (broad SMARTS) is 2.